The number of carbonyl (C=O) groups is 1. The Morgan fingerprint density at radius 1 is 0.573 bits per heavy atom. The summed E-state index contributed by atoms with van der Waals surface area (Å²) in [6.45, 7) is 8.02. The van der Waals surface area contributed by atoms with E-state index in [9.17, 15) is 25.8 Å². The number of hydrogen-bond acceptors (Lipinski definition) is 10. The monoisotopic (exact) mass is 1290 g/mol. The summed E-state index contributed by atoms with van der Waals surface area (Å²) < 4.78 is 72.1. The summed E-state index contributed by atoms with van der Waals surface area (Å²) in [6.07, 6.45) is -5.08. The number of sulfone groups is 1. The second kappa shape index (κ2) is 34.2. The van der Waals surface area contributed by atoms with Gasteiger partial charge in [0.2, 0.25) is 0 Å². The highest BCUT2D eigenvalue weighted by Gasteiger charge is 2.38. The Balaban J connectivity index is 0.000000350. The van der Waals surface area contributed by atoms with E-state index in [-0.39, 0.29) is 33.3 Å². The molecule has 3 aliphatic heterocycles. The van der Waals surface area contributed by atoms with E-state index in [1.165, 1.54) is 40.1 Å². The molecular formula is C56H69Br3F3N3O7S3. The molecule has 0 radical (unpaired) electrons. The van der Waals surface area contributed by atoms with E-state index in [0.717, 1.165) is 64.0 Å². The van der Waals surface area contributed by atoms with Gasteiger partial charge in [0.1, 0.15) is 0 Å². The van der Waals surface area contributed by atoms with Gasteiger partial charge >= 0.3 is 12.1 Å². The zero-order chi connectivity index (χ0) is 52.1. The maximum Gasteiger partial charge on any atom is 0.490 e. The zero-order valence-electron chi connectivity index (χ0n) is 39.1. The summed E-state index contributed by atoms with van der Waals surface area (Å²) in [7, 11) is -3.82. The van der Waals surface area contributed by atoms with Gasteiger partial charge in [0.25, 0.3) is 0 Å². The van der Waals surface area contributed by atoms with Crippen LogP contribution in [0.1, 0.15) is 71.4 Å². The van der Waals surface area contributed by atoms with Gasteiger partial charge in [0.05, 0.1) is 16.3 Å². The van der Waals surface area contributed by atoms with Gasteiger partial charge in [-0.25, -0.2) is 13.2 Å². The number of alkyl halides is 3. The van der Waals surface area contributed by atoms with Crippen molar-refractivity contribution in [2.45, 2.75) is 63.8 Å². The van der Waals surface area contributed by atoms with Gasteiger partial charge in [0.15, 0.2) is 9.84 Å². The minimum absolute atomic E-state index is 0. The molecule has 9 rings (SSSR count). The zero-order valence-corrected chi connectivity index (χ0v) is 46.3. The number of hydrogen-bond donors (Lipinski definition) is 3. The third-order valence-electron chi connectivity index (χ3n) is 11.8. The summed E-state index contributed by atoms with van der Waals surface area (Å²) in [6, 6.07) is 56.0. The lowest BCUT2D eigenvalue weighted by molar-refractivity contribution is -0.192. The third kappa shape index (κ3) is 23.0. The number of benzene rings is 6. The molecule has 6 aromatic carbocycles. The molecule has 10 nitrogen and oxygen atoms in total. The van der Waals surface area contributed by atoms with Crippen LogP contribution in [-0.2, 0) is 45.1 Å². The van der Waals surface area contributed by atoms with Crippen molar-refractivity contribution in [1.82, 2.24) is 14.7 Å². The van der Waals surface area contributed by atoms with Gasteiger partial charge in [-0.15, -0.1) is 0 Å². The molecule has 0 bridgehead atoms. The fourth-order valence-corrected chi connectivity index (χ4v) is 13.5. The topological polar surface area (TPSA) is 139 Å². The molecule has 0 aliphatic carbocycles. The maximum absolute atomic E-state index is 12.4. The van der Waals surface area contributed by atoms with Gasteiger partial charge in [-0.05, 0) is 69.8 Å². The van der Waals surface area contributed by atoms with Crippen LogP contribution in [0.2, 0.25) is 0 Å². The Hall–Kier alpha value is -3.73. The average Bonchev–Trinajstić information content (AvgIpc) is 3.39. The highest BCUT2D eigenvalue weighted by Crippen LogP contribution is 2.34. The molecule has 4 atom stereocenters. The average molecular weight is 1290 g/mol. The number of rotatable bonds is 9. The Kier molecular flexibility index (Phi) is 30.7. The Bertz CT molecular complexity index is 2670. The fraction of sp³-hybridized carbons (Fsp3) is 0.339. The molecule has 3 saturated heterocycles. The molecule has 3 heterocycles. The fourth-order valence-electron chi connectivity index (χ4n) is 8.06. The van der Waals surface area contributed by atoms with Gasteiger partial charge < -0.3 is 5.11 Å². The smallest absolute Gasteiger partial charge is 0.475 e. The molecular weight excluding hydrogens is 1220 g/mol. The molecule has 0 saturated carbocycles. The van der Waals surface area contributed by atoms with Crippen molar-refractivity contribution in [2.24, 2.45) is 0 Å². The molecule has 0 spiro atoms. The quantitative estimate of drug-likeness (QED) is 0.0942. The normalized spacial score (nSPS) is 19.3. The van der Waals surface area contributed by atoms with Gasteiger partial charge in [-0.2, -0.15) is 24.9 Å². The predicted octanol–water partition coefficient (Wildman–Crippen LogP) is 14.5. The number of nitrogens with zero attached hydrogens (tertiary/aromatic N) is 3. The Labute approximate surface area is 474 Å². The number of carboxylic acid groups (broad SMARTS) is 1. The molecule has 410 valence electrons. The van der Waals surface area contributed by atoms with E-state index in [1.807, 2.05) is 60.7 Å². The van der Waals surface area contributed by atoms with Crippen molar-refractivity contribution in [3.63, 3.8) is 0 Å². The first-order valence-corrected chi connectivity index (χ1v) is 29.3. The molecule has 3 N–H and O–H groups in total. The molecule has 6 aromatic rings. The first-order chi connectivity index (χ1) is 34.5. The first-order valence-electron chi connectivity index (χ1n) is 22.8. The van der Waals surface area contributed by atoms with Crippen LogP contribution in [0.15, 0.2) is 177 Å². The summed E-state index contributed by atoms with van der Waals surface area (Å²) in [4.78, 5) is 16.1. The Morgan fingerprint density at radius 2 is 0.947 bits per heavy atom. The molecule has 0 amide bonds. The molecule has 4 unspecified atom stereocenters. The van der Waals surface area contributed by atoms with Crippen molar-refractivity contribution in [3.8, 4) is 0 Å². The molecule has 3 aliphatic rings. The van der Waals surface area contributed by atoms with Crippen molar-refractivity contribution in [3.05, 3.63) is 211 Å². The molecule has 3 fully saturated rings. The summed E-state index contributed by atoms with van der Waals surface area (Å²) in [5, 5.41) is 19.5. The van der Waals surface area contributed by atoms with E-state index in [0.29, 0.717) is 18.3 Å². The van der Waals surface area contributed by atoms with Crippen LogP contribution in [0, 0.1) is 0 Å². The Morgan fingerprint density at radius 3 is 1.36 bits per heavy atom. The van der Waals surface area contributed by atoms with Crippen molar-refractivity contribution >= 4 is 86.2 Å². The highest BCUT2D eigenvalue weighted by molar-refractivity contribution is 9.11. The van der Waals surface area contributed by atoms with Crippen LogP contribution in [-0.4, -0.2) is 112 Å². The molecule has 19 heteroatoms. The van der Waals surface area contributed by atoms with E-state index in [1.54, 1.807) is 0 Å². The second-order valence-electron chi connectivity index (χ2n) is 16.9. The second-order valence-corrected chi connectivity index (χ2v) is 25.0. The maximum atomic E-state index is 12.4. The highest BCUT2D eigenvalue weighted by atomic mass is 79.9. The van der Waals surface area contributed by atoms with Crippen molar-refractivity contribution < 1.29 is 46.2 Å². The van der Waals surface area contributed by atoms with Gasteiger partial charge in [0, 0.05) is 99.9 Å². The van der Waals surface area contributed by atoms with Crippen LogP contribution in [0.25, 0.3) is 0 Å². The lowest BCUT2D eigenvalue weighted by Crippen LogP contribution is -2.41. The molecule has 75 heavy (non-hydrogen) atoms. The summed E-state index contributed by atoms with van der Waals surface area (Å²) in [5.41, 5.74) is 7.44. The van der Waals surface area contributed by atoms with Crippen LogP contribution < -0.4 is 0 Å². The number of aliphatic carboxylic acids is 1. The van der Waals surface area contributed by atoms with Gasteiger partial charge in [-0.1, -0.05) is 197 Å². The predicted molar refractivity (Wildman–Crippen MR) is 314 cm³/mol. The van der Waals surface area contributed by atoms with Crippen molar-refractivity contribution in [2.75, 3.05) is 56.5 Å². The van der Waals surface area contributed by atoms with Gasteiger partial charge in [-0.3, -0.25) is 29.4 Å². The SMILES string of the molecule is Brc1ccc(CN2CCSC(c3ccccc3)C2)cc1.C.C.C.O=C(O)C(F)(F)F.O=S1(=O)CCN(Cc2ccc(Br)cc2)CC1c1ccccc1.O=S1CCN(Cc2ccc(Br)cc2)CC1c1ccccc1.OO. The van der Waals surface area contributed by atoms with Crippen molar-refractivity contribution in [1.29, 1.82) is 0 Å². The molecule has 0 aromatic heterocycles. The number of halogens is 6. The minimum Gasteiger partial charge on any atom is -0.475 e. The summed E-state index contributed by atoms with van der Waals surface area (Å²) >= 11 is 12.5. The lowest BCUT2D eigenvalue weighted by Gasteiger charge is -2.32. The van der Waals surface area contributed by atoms with E-state index in [4.69, 9.17) is 20.4 Å². The number of carboxylic acids is 1. The largest absolute Gasteiger partial charge is 0.490 e. The minimum atomic E-state index is -5.08. The van der Waals surface area contributed by atoms with Crippen LogP contribution in [0.5, 0.6) is 0 Å². The van der Waals surface area contributed by atoms with Crippen LogP contribution in [0.4, 0.5) is 13.2 Å². The summed E-state index contributed by atoms with van der Waals surface area (Å²) in [5.74, 6) is -0.553. The lowest BCUT2D eigenvalue weighted by atomic mass is 10.1. The van der Waals surface area contributed by atoms with E-state index in [2.05, 4.69) is 177 Å². The number of thioether (sulfide) groups is 1. The standard InChI is InChI=1S/C17H18BrNO2S.C17H18BrNOS.C17H18BrNS.C2HF3O2.3CH4.H2O2/c18-16-8-6-14(7-9-16)12-19-10-11-22(20,21)17(13-19)15-4-2-1-3-5-15;18-16-8-6-14(7-9-16)12-19-10-11-21(20)17(13-19)15-4-2-1-3-5-15;18-16-8-6-14(7-9-16)12-19-10-11-20-17(13-19)15-4-2-1-3-5-15;3-2(4,5)1(6)7;;;;1-2/h1-9,17H,10-13H2;1-9,17H,10-13H2;1-9,17H,10-13H2;(H,6,7);3*1H4;1-2H. The third-order valence-corrected chi connectivity index (χ3v) is 18.3. The van der Waals surface area contributed by atoms with E-state index >= 15 is 0 Å². The van der Waals surface area contributed by atoms with E-state index < -0.39 is 38.0 Å². The van der Waals surface area contributed by atoms with Crippen LogP contribution in [0.3, 0.4) is 0 Å². The first kappa shape index (κ1) is 67.4. The van der Waals surface area contributed by atoms with Crippen LogP contribution >= 0.6 is 59.6 Å².